The van der Waals surface area contributed by atoms with Gasteiger partial charge in [0.15, 0.2) is 5.11 Å². The van der Waals surface area contributed by atoms with Gasteiger partial charge in [0.05, 0.1) is 12.3 Å². The molecule has 21 heavy (non-hydrogen) atoms. The molecule has 1 aromatic carbocycles. The van der Waals surface area contributed by atoms with E-state index in [1.54, 1.807) is 6.26 Å². The Morgan fingerprint density at radius 1 is 1.24 bits per heavy atom. The fraction of sp³-hybridized carbons (Fsp3) is 0.312. The Hall–Kier alpha value is -1.85. The zero-order valence-electron chi connectivity index (χ0n) is 12.6. The molecule has 2 rings (SSSR count). The lowest BCUT2D eigenvalue weighted by Crippen LogP contribution is -2.36. The van der Waals surface area contributed by atoms with Crippen molar-refractivity contribution >= 4 is 23.0 Å². The fourth-order valence-corrected chi connectivity index (χ4v) is 2.22. The molecule has 0 amide bonds. The largest absolute Gasteiger partial charge is 0.468 e. The van der Waals surface area contributed by atoms with Crippen molar-refractivity contribution in [3.63, 3.8) is 0 Å². The normalized spacial score (nSPS) is 12.2. The maximum atomic E-state index is 5.48. The summed E-state index contributed by atoms with van der Waals surface area (Å²) in [6.07, 6.45) is 1.69. The summed E-state index contributed by atoms with van der Waals surface area (Å²) < 4.78 is 5.48. The monoisotopic (exact) mass is 303 g/mol. The number of benzene rings is 1. The maximum Gasteiger partial charge on any atom is 0.170 e. The lowest BCUT2D eigenvalue weighted by atomic mass is 10.2. The summed E-state index contributed by atoms with van der Waals surface area (Å²) in [6.45, 7) is 2.74. The Bertz CT molecular complexity index is 564. The first-order valence-corrected chi connectivity index (χ1v) is 7.28. The van der Waals surface area contributed by atoms with E-state index in [1.165, 1.54) is 5.56 Å². The van der Waals surface area contributed by atoms with Gasteiger partial charge < -0.3 is 15.1 Å². The second-order valence-electron chi connectivity index (χ2n) is 5.20. The first-order valence-electron chi connectivity index (χ1n) is 6.87. The molecule has 2 N–H and O–H groups in total. The fourth-order valence-electron chi connectivity index (χ4n) is 2.02. The van der Waals surface area contributed by atoms with Gasteiger partial charge in [-0.2, -0.15) is 0 Å². The first-order chi connectivity index (χ1) is 10.1. The average molecular weight is 303 g/mol. The van der Waals surface area contributed by atoms with Crippen LogP contribution in [0.5, 0.6) is 0 Å². The predicted molar refractivity (Wildman–Crippen MR) is 90.5 cm³/mol. The van der Waals surface area contributed by atoms with Crippen LogP contribution in [0.1, 0.15) is 17.4 Å². The SMILES string of the molecule is Cc1ccc(NC(=S)NC[C@H](c2ccco2)N(C)C)cc1. The molecular formula is C16H21N3OS. The van der Waals surface area contributed by atoms with E-state index in [9.17, 15) is 0 Å². The van der Waals surface area contributed by atoms with Crippen molar-refractivity contribution in [2.24, 2.45) is 0 Å². The summed E-state index contributed by atoms with van der Waals surface area (Å²) in [4.78, 5) is 2.10. The number of furan rings is 1. The quantitative estimate of drug-likeness (QED) is 0.830. The van der Waals surface area contributed by atoms with Crippen molar-refractivity contribution in [2.75, 3.05) is 26.0 Å². The third-order valence-corrected chi connectivity index (χ3v) is 3.51. The van der Waals surface area contributed by atoms with Crippen LogP contribution in [0.3, 0.4) is 0 Å². The van der Waals surface area contributed by atoms with Crippen LogP contribution in [-0.4, -0.2) is 30.7 Å². The van der Waals surface area contributed by atoms with Crippen LogP contribution < -0.4 is 10.6 Å². The average Bonchev–Trinajstić information content (AvgIpc) is 2.95. The molecule has 0 unspecified atom stereocenters. The minimum absolute atomic E-state index is 0.137. The van der Waals surface area contributed by atoms with Gasteiger partial charge in [-0.05, 0) is 57.5 Å². The molecule has 0 aliphatic rings. The molecule has 112 valence electrons. The Balaban J connectivity index is 1.89. The van der Waals surface area contributed by atoms with Crippen LogP contribution in [0.4, 0.5) is 5.69 Å². The van der Waals surface area contributed by atoms with Crippen LogP contribution in [0.15, 0.2) is 47.1 Å². The van der Waals surface area contributed by atoms with Crippen LogP contribution >= 0.6 is 12.2 Å². The molecule has 1 aromatic heterocycles. The molecule has 0 saturated heterocycles. The number of anilines is 1. The Morgan fingerprint density at radius 3 is 2.52 bits per heavy atom. The molecule has 0 fully saturated rings. The van der Waals surface area contributed by atoms with Crippen LogP contribution in [-0.2, 0) is 0 Å². The molecule has 0 radical (unpaired) electrons. The number of nitrogens with zero attached hydrogens (tertiary/aromatic N) is 1. The van der Waals surface area contributed by atoms with E-state index < -0.39 is 0 Å². The van der Waals surface area contributed by atoms with E-state index >= 15 is 0 Å². The predicted octanol–water partition coefficient (Wildman–Crippen LogP) is 3.18. The summed E-state index contributed by atoms with van der Waals surface area (Å²) in [5.74, 6) is 0.922. The third-order valence-electron chi connectivity index (χ3n) is 3.26. The molecule has 4 nitrogen and oxygen atoms in total. The van der Waals surface area contributed by atoms with Crippen molar-refractivity contribution in [1.29, 1.82) is 0 Å². The van der Waals surface area contributed by atoms with Crippen molar-refractivity contribution in [3.05, 3.63) is 54.0 Å². The van der Waals surface area contributed by atoms with Crippen molar-refractivity contribution in [1.82, 2.24) is 10.2 Å². The Labute approximate surface area is 131 Å². The minimum Gasteiger partial charge on any atom is -0.468 e. The first kappa shape index (κ1) is 15.5. The Morgan fingerprint density at radius 2 is 1.95 bits per heavy atom. The standard InChI is InChI=1S/C16H21N3OS/c1-12-6-8-13(9-7-12)18-16(21)17-11-14(19(2)3)15-5-4-10-20-15/h4-10,14H,11H2,1-3H3,(H2,17,18,21)/t14-/m1/s1. The molecule has 0 aliphatic carbocycles. The number of aryl methyl sites for hydroxylation is 1. The molecular weight excluding hydrogens is 282 g/mol. The van der Waals surface area contributed by atoms with E-state index in [1.807, 2.05) is 38.4 Å². The molecule has 0 saturated carbocycles. The number of hydrogen-bond donors (Lipinski definition) is 2. The zero-order valence-corrected chi connectivity index (χ0v) is 13.4. The number of rotatable bonds is 5. The highest BCUT2D eigenvalue weighted by atomic mass is 32.1. The molecule has 1 heterocycles. The smallest absolute Gasteiger partial charge is 0.170 e. The van der Waals surface area contributed by atoms with Gasteiger partial charge in [0.2, 0.25) is 0 Å². The topological polar surface area (TPSA) is 40.4 Å². The summed E-state index contributed by atoms with van der Waals surface area (Å²) >= 11 is 5.33. The highest BCUT2D eigenvalue weighted by molar-refractivity contribution is 7.80. The van der Waals surface area contributed by atoms with Crippen LogP contribution in [0.25, 0.3) is 0 Å². The lowest BCUT2D eigenvalue weighted by Gasteiger charge is -2.23. The van der Waals surface area contributed by atoms with E-state index in [4.69, 9.17) is 16.6 Å². The van der Waals surface area contributed by atoms with E-state index in [0.717, 1.165) is 11.4 Å². The molecule has 2 aromatic rings. The van der Waals surface area contributed by atoms with Crippen LogP contribution in [0, 0.1) is 6.92 Å². The van der Waals surface area contributed by atoms with Crippen molar-refractivity contribution in [2.45, 2.75) is 13.0 Å². The second kappa shape index (κ2) is 7.24. The van der Waals surface area contributed by atoms with Gasteiger partial charge in [0.1, 0.15) is 5.76 Å². The summed E-state index contributed by atoms with van der Waals surface area (Å²) in [6, 6.07) is 12.1. The summed E-state index contributed by atoms with van der Waals surface area (Å²) in [5, 5.41) is 7.02. The molecule has 0 aliphatic heterocycles. The van der Waals surface area contributed by atoms with E-state index in [2.05, 4.69) is 34.6 Å². The highest BCUT2D eigenvalue weighted by Gasteiger charge is 2.16. The number of nitrogens with one attached hydrogen (secondary N) is 2. The van der Waals surface area contributed by atoms with E-state index in [-0.39, 0.29) is 6.04 Å². The van der Waals surface area contributed by atoms with Gasteiger partial charge in [-0.25, -0.2) is 0 Å². The second-order valence-corrected chi connectivity index (χ2v) is 5.60. The van der Waals surface area contributed by atoms with Gasteiger partial charge in [-0.1, -0.05) is 17.7 Å². The zero-order chi connectivity index (χ0) is 15.2. The molecule has 0 spiro atoms. The third kappa shape index (κ3) is 4.58. The van der Waals surface area contributed by atoms with Gasteiger partial charge in [-0.15, -0.1) is 0 Å². The summed E-state index contributed by atoms with van der Waals surface area (Å²) in [7, 11) is 4.04. The lowest BCUT2D eigenvalue weighted by molar-refractivity contribution is 0.259. The molecule has 5 heteroatoms. The van der Waals surface area contributed by atoms with Crippen LogP contribution in [0.2, 0.25) is 0 Å². The van der Waals surface area contributed by atoms with Crippen molar-refractivity contribution in [3.8, 4) is 0 Å². The highest BCUT2D eigenvalue weighted by Crippen LogP contribution is 2.17. The molecule has 0 bridgehead atoms. The summed E-state index contributed by atoms with van der Waals surface area (Å²) in [5.41, 5.74) is 2.21. The van der Waals surface area contributed by atoms with Gasteiger partial charge in [-0.3, -0.25) is 4.90 Å². The van der Waals surface area contributed by atoms with Gasteiger partial charge in [0, 0.05) is 12.2 Å². The number of hydrogen-bond acceptors (Lipinski definition) is 3. The van der Waals surface area contributed by atoms with E-state index in [0.29, 0.717) is 11.7 Å². The Kier molecular flexibility index (Phi) is 5.36. The molecule has 1 atom stereocenters. The number of likely N-dealkylation sites (N-methyl/N-ethyl adjacent to an activating group) is 1. The van der Waals surface area contributed by atoms with Gasteiger partial charge in [0.25, 0.3) is 0 Å². The van der Waals surface area contributed by atoms with Gasteiger partial charge >= 0.3 is 0 Å². The maximum absolute atomic E-state index is 5.48. The van der Waals surface area contributed by atoms with Crippen molar-refractivity contribution < 1.29 is 4.42 Å². The number of thiocarbonyl (C=S) groups is 1. The minimum atomic E-state index is 0.137.